The molecule has 7 heteroatoms. The predicted molar refractivity (Wildman–Crippen MR) is 138 cm³/mol. The first-order valence-electron chi connectivity index (χ1n) is 13.9. The van der Waals surface area contributed by atoms with Gasteiger partial charge in [0.05, 0.1) is 39.0 Å². The van der Waals surface area contributed by atoms with Gasteiger partial charge in [0.15, 0.2) is 0 Å². The smallest absolute Gasteiger partial charge is 0.303 e. The molecule has 35 heavy (non-hydrogen) atoms. The molecule has 0 saturated carbocycles. The van der Waals surface area contributed by atoms with Crippen LogP contribution in [-0.2, 0) is 14.4 Å². The van der Waals surface area contributed by atoms with Crippen molar-refractivity contribution in [1.82, 2.24) is 0 Å². The Kier molecular flexibility index (Phi) is 21.3. The average molecular weight is 498 g/mol. The molecule has 0 spiro atoms. The zero-order chi connectivity index (χ0) is 26.2. The topological polar surface area (TPSA) is 115 Å². The third-order valence-electron chi connectivity index (χ3n) is 6.80. The van der Waals surface area contributed by atoms with E-state index in [1.807, 2.05) is 0 Å². The summed E-state index contributed by atoms with van der Waals surface area (Å²) in [5.74, 6) is -2.75. The monoisotopic (exact) mass is 497 g/mol. The van der Waals surface area contributed by atoms with Crippen molar-refractivity contribution in [2.45, 2.75) is 122 Å². The second-order valence-corrected chi connectivity index (χ2v) is 9.95. The number of allylic oxidation sites excluding steroid dienone is 2. The molecule has 0 aliphatic carbocycles. The first-order valence-corrected chi connectivity index (χ1v) is 13.9. The largest absolute Gasteiger partial charge is 0.550 e. The molecule has 0 heterocycles. The summed E-state index contributed by atoms with van der Waals surface area (Å²) in [5, 5.41) is 29.0. The lowest BCUT2D eigenvalue weighted by Crippen LogP contribution is -2.51. The zero-order valence-corrected chi connectivity index (χ0v) is 22.2. The van der Waals surface area contributed by atoms with Crippen LogP contribution in [0.2, 0.25) is 0 Å². The van der Waals surface area contributed by atoms with E-state index in [0.29, 0.717) is 43.4 Å². The van der Waals surface area contributed by atoms with Crippen LogP contribution in [0, 0.1) is 0 Å². The molecule has 0 aliphatic rings. The number of nitrogens with zero attached hydrogens (tertiary/aromatic N) is 1. The molecule has 0 amide bonds. The standard InChI is InChI=1S/C28H51NO6/c1-2-3-4-5-6-7-8-9-10-11-12-13-14-15-22-29(23-16-19-26(30)31,24-17-20-27(32)33)25-18-21-28(34)35/h2-3H,4-25H2,1H3,(H2-,30,31,32,33,34,35)/b3-2+. The van der Waals surface area contributed by atoms with Crippen LogP contribution in [0.15, 0.2) is 12.2 Å². The van der Waals surface area contributed by atoms with Gasteiger partial charge in [0.2, 0.25) is 0 Å². The molecule has 0 saturated heterocycles. The van der Waals surface area contributed by atoms with Crippen LogP contribution < -0.4 is 5.11 Å². The van der Waals surface area contributed by atoms with Crippen molar-refractivity contribution in [2.75, 3.05) is 26.2 Å². The molecule has 0 aromatic rings. The number of unbranched alkanes of at least 4 members (excludes halogenated alkanes) is 11. The highest BCUT2D eigenvalue weighted by Crippen LogP contribution is 2.18. The zero-order valence-electron chi connectivity index (χ0n) is 22.2. The van der Waals surface area contributed by atoms with Crippen LogP contribution >= 0.6 is 0 Å². The first-order chi connectivity index (χ1) is 16.8. The minimum Gasteiger partial charge on any atom is -0.550 e. The maximum atomic E-state index is 11.0. The summed E-state index contributed by atoms with van der Waals surface area (Å²) < 4.78 is 0.613. The second kappa shape index (κ2) is 22.6. The van der Waals surface area contributed by atoms with Gasteiger partial charge in [-0.05, 0) is 39.0 Å². The number of hydrogen-bond donors (Lipinski definition) is 2. The molecule has 0 unspecified atom stereocenters. The molecule has 0 aliphatic heterocycles. The van der Waals surface area contributed by atoms with E-state index in [-0.39, 0.29) is 19.3 Å². The van der Waals surface area contributed by atoms with Gasteiger partial charge < -0.3 is 24.6 Å². The van der Waals surface area contributed by atoms with E-state index < -0.39 is 17.9 Å². The van der Waals surface area contributed by atoms with Crippen LogP contribution in [0.4, 0.5) is 0 Å². The fourth-order valence-corrected chi connectivity index (χ4v) is 4.83. The lowest BCUT2D eigenvalue weighted by atomic mass is 10.0. The number of carbonyl (C=O) groups excluding carboxylic acids is 1. The van der Waals surface area contributed by atoms with Crippen molar-refractivity contribution >= 4 is 17.9 Å². The molecule has 0 aromatic heterocycles. The summed E-state index contributed by atoms with van der Waals surface area (Å²) >= 11 is 0. The number of carboxylic acid groups (broad SMARTS) is 3. The van der Waals surface area contributed by atoms with E-state index in [0.717, 1.165) is 19.4 Å². The first kappa shape index (κ1) is 33.1. The van der Waals surface area contributed by atoms with E-state index in [4.69, 9.17) is 10.2 Å². The highest BCUT2D eigenvalue weighted by atomic mass is 16.4. The van der Waals surface area contributed by atoms with Crippen molar-refractivity contribution in [3.63, 3.8) is 0 Å². The fourth-order valence-electron chi connectivity index (χ4n) is 4.83. The summed E-state index contributed by atoms with van der Waals surface area (Å²) in [5.41, 5.74) is 0. The number of carbonyl (C=O) groups is 3. The minimum absolute atomic E-state index is 0.0202. The van der Waals surface area contributed by atoms with Gasteiger partial charge in [-0.25, -0.2) is 0 Å². The normalized spacial score (nSPS) is 11.8. The van der Waals surface area contributed by atoms with Gasteiger partial charge in [0.25, 0.3) is 0 Å². The maximum absolute atomic E-state index is 11.0. The summed E-state index contributed by atoms with van der Waals surface area (Å²) in [4.78, 5) is 32.9. The van der Waals surface area contributed by atoms with Crippen molar-refractivity contribution in [1.29, 1.82) is 0 Å². The van der Waals surface area contributed by atoms with Crippen LogP contribution in [0.5, 0.6) is 0 Å². The third-order valence-corrected chi connectivity index (χ3v) is 6.80. The molecule has 0 radical (unpaired) electrons. The lowest BCUT2D eigenvalue weighted by Gasteiger charge is -2.39. The van der Waals surface area contributed by atoms with E-state index in [9.17, 15) is 19.5 Å². The van der Waals surface area contributed by atoms with E-state index in [1.54, 1.807) is 0 Å². The number of hydrogen-bond acceptors (Lipinski definition) is 4. The Morgan fingerprint density at radius 3 is 1.37 bits per heavy atom. The Balaban J connectivity index is 4.36. The second-order valence-electron chi connectivity index (χ2n) is 9.95. The van der Waals surface area contributed by atoms with Crippen molar-refractivity contribution in [3.8, 4) is 0 Å². The quantitative estimate of drug-likeness (QED) is 0.0949. The number of rotatable bonds is 26. The third kappa shape index (κ3) is 22.3. The van der Waals surface area contributed by atoms with Gasteiger partial charge in [-0.3, -0.25) is 9.59 Å². The van der Waals surface area contributed by atoms with Crippen molar-refractivity contribution in [2.24, 2.45) is 0 Å². The number of quaternary nitrogens is 1. The molecule has 0 bridgehead atoms. The van der Waals surface area contributed by atoms with E-state index in [1.165, 1.54) is 64.2 Å². The van der Waals surface area contributed by atoms with Crippen molar-refractivity contribution < 1.29 is 34.2 Å². The summed E-state index contributed by atoms with van der Waals surface area (Å²) in [7, 11) is 0. The SMILES string of the molecule is C/C=C/CCCCCCCCCCCCC[N+](CCCC(=O)[O-])(CCCC(=O)O)CCCC(=O)O. The minimum atomic E-state index is -1.08. The molecular weight excluding hydrogens is 446 g/mol. The summed E-state index contributed by atoms with van der Waals surface area (Å²) in [6.45, 7) is 4.84. The molecule has 204 valence electrons. The highest BCUT2D eigenvalue weighted by Gasteiger charge is 2.26. The van der Waals surface area contributed by atoms with Crippen LogP contribution in [-0.4, -0.2) is 58.8 Å². The molecule has 7 nitrogen and oxygen atoms in total. The van der Waals surface area contributed by atoms with Gasteiger partial charge >= 0.3 is 11.9 Å². The lowest BCUT2D eigenvalue weighted by molar-refractivity contribution is -0.929. The fraction of sp³-hybridized carbons (Fsp3) is 0.821. The van der Waals surface area contributed by atoms with Crippen LogP contribution in [0.1, 0.15) is 122 Å². The van der Waals surface area contributed by atoms with E-state index in [2.05, 4.69) is 19.1 Å². The molecule has 0 aromatic carbocycles. The van der Waals surface area contributed by atoms with Crippen LogP contribution in [0.25, 0.3) is 0 Å². The Morgan fingerprint density at radius 2 is 0.971 bits per heavy atom. The van der Waals surface area contributed by atoms with Gasteiger partial charge in [0, 0.05) is 25.2 Å². The molecular formula is C28H51NO6. The molecule has 0 fully saturated rings. The predicted octanol–water partition coefficient (Wildman–Crippen LogP) is 5.32. The van der Waals surface area contributed by atoms with E-state index >= 15 is 0 Å². The molecule has 0 rings (SSSR count). The summed E-state index contributed by atoms with van der Waals surface area (Å²) in [6.07, 6.45) is 20.9. The summed E-state index contributed by atoms with van der Waals surface area (Å²) in [6, 6.07) is 0. The number of aliphatic carboxylic acids is 3. The Hall–Kier alpha value is -1.89. The molecule has 2 N–H and O–H groups in total. The Labute approximate surface area is 213 Å². The van der Waals surface area contributed by atoms with Crippen molar-refractivity contribution in [3.05, 3.63) is 12.2 Å². The maximum Gasteiger partial charge on any atom is 0.303 e. The molecule has 0 atom stereocenters. The van der Waals surface area contributed by atoms with Gasteiger partial charge in [-0.2, -0.15) is 0 Å². The van der Waals surface area contributed by atoms with Gasteiger partial charge in [-0.15, -0.1) is 0 Å². The van der Waals surface area contributed by atoms with Gasteiger partial charge in [-0.1, -0.05) is 63.5 Å². The highest BCUT2D eigenvalue weighted by molar-refractivity contribution is 5.66. The number of carboxylic acids is 3. The Bertz CT molecular complexity index is 540. The average Bonchev–Trinajstić information content (AvgIpc) is 2.78. The van der Waals surface area contributed by atoms with Gasteiger partial charge in [0.1, 0.15) is 0 Å². The van der Waals surface area contributed by atoms with Crippen LogP contribution in [0.3, 0.4) is 0 Å². The Morgan fingerprint density at radius 1 is 0.600 bits per heavy atom.